The summed E-state index contributed by atoms with van der Waals surface area (Å²) in [4.78, 5) is 61.5. The molecule has 3 aromatic rings. The Morgan fingerprint density at radius 1 is 0.795 bits per heavy atom. The Kier molecular flexibility index (Phi) is 5.80. The van der Waals surface area contributed by atoms with Crippen molar-refractivity contribution < 1.29 is 19.2 Å². The van der Waals surface area contributed by atoms with E-state index < -0.39 is 46.8 Å². The zero-order chi connectivity index (χ0) is 27.7. The highest BCUT2D eigenvalue weighted by Gasteiger charge is 2.77. The highest BCUT2D eigenvalue weighted by molar-refractivity contribution is 9.10. The van der Waals surface area contributed by atoms with E-state index in [9.17, 15) is 19.2 Å². The van der Waals surface area contributed by atoms with Crippen LogP contribution < -0.4 is 4.90 Å². The minimum Gasteiger partial charge on any atom is -0.300 e. The molecule has 3 aliphatic rings. The number of benzene rings is 3. The lowest BCUT2D eigenvalue weighted by molar-refractivity contribution is -0.149. The van der Waals surface area contributed by atoms with Crippen molar-refractivity contribution in [2.24, 2.45) is 11.8 Å². The number of imide groups is 2. The summed E-state index contributed by atoms with van der Waals surface area (Å²) < 4.78 is 0.844. The Morgan fingerprint density at radius 3 is 1.97 bits per heavy atom. The second-order valence-corrected chi connectivity index (χ2v) is 12.3. The molecule has 7 nitrogen and oxygen atoms in total. The standard InChI is InChI=1S/C31H28BrN3O4/c1-30(2,3)35-26(36)23-24(27(35)37)31(18-19-10-6-4-7-11-19)28(38)33(22-12-8-5-9-13-22)29(39)34(31)25(23)20-14-16-21(32)17-15-20/h4-17,23-25H,18H2,1-3H3/t23-,24-,25-,31-/m1/s1. The zero-order valence-corrected chi connectivity index (χ0v) is 23.5. The van der Waals surface area contributed by atoms with Gasteiger partial charge in [0.15, 0.2) is 0 Å². The van der Waals surface area contributed by atoms with Crippen LogP contribution in [0.3, 0.4) is 0 Å². The molecule has 3 aromatic carbocycles. The predicted molar refractivity (Wildman–Crippen MR) is 150 cm³/mol. The molecule has 0 bridgehead atoms. The SMILES string of the molecule is CC(C)(C)N1C(=O)[C@H]2[C@@H](c3ccc(Br)cc3)N3C(=O)N(c4ccccc4)C(=O)[C@@]3(Cc3ccccc3)[C@H]2C1=O. The summed E-state index contributed by atoms with van der Waals surface area (Å²) in [5.41, 5.74) is -0.403. The summed E-state index contributed by atoms with van der Waals surface area (Å²) in [6.07, 6.45) is 0.118. The first-order chi connectivity index (χ1) is 18.6. The maximum absolute atomic E-state index is 14.7. The average Bonchev–Trinajstić information content (AvgIpc) is 3.43. The van der Waals surface area contributed by atoms with E-state index in [-0.39, 0.29) is 12.3 Å². The van der Waals surface area contributed by atoms with Crippen molar-refractivity contribution in [3.63, 3.8) is 0 Å². The third-order valence-corrected chi connectivity index (χ3v) is 8.63. The lowest BCUT2D eigenvalue weighted by atomic mass is 9.75. The van der Waals surface area contributed by atoms with Crippen molar-refractivity contribution in [1.82, 2.24) is 9.80 Å². The number of nitrogens with zero attached hydrogens (tertiary/aromatic N) is 3. The zero-order valence-electron chi connectivity index (χ0n) is 21.9. The van der Waals surface area contributed by atoms with E-state index in [1.165, 1.54) is 9.80 Å². The molecule has 0 spiro atoms. The molecule has 4 atom stereocenters. The van der Waals surface area contributed by atoms with Crippen molar-refractivity contribution in [1.29, 1.82) is 0 Å². The molecule has 0 radical (unpaired) electrons. The molecule has 39 heavy (non-hydrogen) atoms. The van der Waals surface area contributed by atoms with Crippen molar-refractivity contribution >= 4 is 45.4 Å². The fraction of sp³-hybridized carbons (Fsp3) is 0.290. The van der Waals surface area contributed by atoms with Crippen molar-refractivity contribution in [2.75, 3.05) is 4.90 Å². The summed E-state index contributed by atoms with van der Waals surface area (Å²) in [5.74, 6) is -3.14. The van der Waals surface area contributed by atoms with Crippen LogP contribution in [0.1, 0.15) is 37.9 Å². The molecule has 0 unspecified atom stereocenters. The number of hydrogen-bond donors (Lipinski definition) is 0. The molecule has 0 saturated carbocycles. The molecule has 5 amide bonds. The first-order valence-electron chi connectivity index (χ1n) is 13.0. The Balaban J connectivity index is 1.63. The van der Waals surface area contributed by atoms with Gasteiger partial charge in [0.1, 0.15) is 5.54 Å². The summed E-state index contributed by atoms with van der Waals surface area (Å²) in [5, 5.41) is 0. The van der Waals surface area contributed by atoms with Crippen LogP contribution in [0, 0.1) is 11.8 Å². The van der Waals surface area contributed by atoms with Crippen LogP contribution in [0.5, 0.6) is 0 Å². The number of fused-ring (bicyclic) bond motifs is 3. The maximum atomic E-state index is 14.7. The molecule has 3 aliphatic heterocycles. The summed E-state index contributed by atoms with van der Waals surface area (Å²) >= 11 is 3.47. The summed E-state index contributed by atoms with van der Waals surface area (Å²) in [6.45, 7) is 5.45. The molecule has 0 aliphatic carbocycles. The number of amides is 5. The van der Waals surface area contributed by atoms with Crippen molar-refractivity contribution in [2.45, 2.75) is 44.3 Å². The fourth-order valence-electron chi connectivity index (χ4n) is 6.64. The lowest BCUT2D eigenvalue weighted by Gasteiger charge is -2.38. The quantitative estimate of drug-likeness (QED) is 0.305. The Hall–Kier alpha value is -3.78. The van der Waals surface area contributed by atoms with E-state index in [0.29, 0.717) is 11.3 Å². The number of hydrogen-bond acceptors (Lipinski definition) is 4. The summed E-state index contributed by atoms with van der Waals surface area (Å²) in [7, 11) is 0. The Labute approximate surface area is 235 Å². The van der Waals surface area contributed by atoms with Gasteiger partial charge in [0.25, 0.3) is 5.91 Å². The van der Waals surface area contributed by atoms with E-state index in [4.69, 9.17) is 0 Å². The normalized spacial score (nSPS) is 26.5. The molecule has 3 heterocycles. The van der Waals surface area contributed by atoms with E-state index in [0.717, 1.165) is 10.0 Å². The molecule has 0 aromatic heterocycles. The second kappa shape index (κ2) is 8.88. The maximum Gasteiger partial charge on any atom is 0.332 e. The van der Waals surface area contributed by atoms with Gasteiger partial charge in [0.2, 0.25) is 11.8 Å². The number of carbonyl (C=O) groups excluding carboxylic acids is 4. The van der Waals surface area contributed by atoms with Gasteiger partial charge in [-0.1, -0.05) is 76.6 Å². The van der Waals surface area contributed by atoms with Crippen LogP contribution in [0.2, 0.25) is 0 Å². The average molecular weight is 586 g/mol. The minimum atomic E-state index is -1.57. The molecule has 8 heteroatoms. The molecule has 0 N–H and O–H groups in total. The van der Waals surface area contributed by atoms with Crippen LogP contribution in [0.15, 0.2) is 89.4 Å². The van der Waals surface area contributed by atoms with Gasteiger partial charge in [-0.25, -0.2) is 9.69 Å². The number of likely N-dealkylation sites (tertiary alicyclic amines) is 1. The van der Waals surface area contributed by atoms with Gasteiger partial charge in [-0.2, -0.15) is 0 Å². The van der Waals surface area contributed by atoms with Crippen LogP contribution in [0.4, 0.5) is 10.5 Å². The van der Waals surface area contributed by atoms with Crippen molar-refractivity contribution in [3.05, 3.63) is 101 Å². The molecule has 3 fully saturated rings. The third-order valence-electron chi connectivity index (χ3n) is 8.10. The van der Waals surface area contributed by atoms with Gasteiger partial charge < -0.3 is 4.90 Å². The number of carbonyl (C=O) groups is 4. The number of rotatable bonds is 4. The second-order valence-electron chi connectivity index (χ2n) is 11.4. The largest absolute Gasteiger partial charge is 0.332 e. The van der Waals surface area contributed by atoms with Gasteiger partial charge in [-0.3, -0.25) is 19.3 Å². The smallest absolute Gasteiger partial charge is 0.300 e. The number of urea groups is 1. The van der Waals surface area contributed by atoms with E-state index >= 15 is 0 Å². The first kappa shape index (κ1) is 25.5. The lowest BCUT2D eigenvalue weighted by Crippen LogP contribution is -2.57. The molecule has 6 rings (SSSR count). The van der Waals surface area contributed by atoms with Gasteiger partial charge >= 0.3 is 6.03 Å². The van der Waals surface area contributed by atoms with Gasteiger partial charge in [0.05, 0.1) is 23.6 Å². The molecule has 3 saturated heterocycles. The fourth-order valence-corrected chi connectivity index (χ4v) is 6.91. The van der Waals surface area contributed by atoms with Gasteiger partial charge in [0, 0.05) is 16.4 Å². The van der Waals surface area contributed by atoms with E-state index in [1.807, 2.05) is 81.4 Å². The Bertz CT molecular complexity index is 1490. The monoisotopic (exact) mass is 585 g/mol. The number of para-hydroxylation sites is 1. The minimum absolute atomic E-state index is 0.118. The first-order valence-corrected chi connectivity index (χ1v) is 13.8. The van der Waals surface area contributed by atoms with E-state index in [2.05, 4.69) is 15.9 Å². The third kappa shape index (κ3) is 3.61. The highest BCUT2D eigenvalue weighted by Crippen LogP contribution is 2.60. The van der Waals surface area contributed by atoms with Gasteiger partial charge in [-0.15, -0.1) is 0 Å². The molecular weight excluding hydrogens is 558 g/mol. The number of halogens is 1. The van der Waals surface area contributed by atoms with Crippen LogP contribution >= 0.6 is 15.9 Å². The summed E-state index contributed by atoms with van der Waals surface area (Å²) in [6, 6.07) is 24.3. The van der Waals surface area contributed by atoms with Crippen LogP contribution in [-0.2, 0) is 20.8 Å². The predicted octanol–water partition coefficient (Wildman–Crippen LogP) is 5.35. The molecular formula is C31H28BrN3O4. The molecule has 198 valence electrons. The van der Waals surface area contributed by atoms with Crippen molar-refractivity contribution in [3.8, 4) is 0 Å². The van der Waals surface area contributed by atoms with E-state index in [1.54, 1.807) is 29.2 Å². The van der Waals surface area contributed by atoms with Crippen LogP contribution in [-0.4, -0.2) is 44.6 Å². The highest BCUT2D eigenvalue weighted by atomic mass is 79.9. The Morgan fingerprint density at radius 2 is 1.38 bits per heavy atom. The van der Waals surface area contributed by atoms with Gasteiger partial charge in [-0.05, 0) is 56.2 Å². The van der Waals surface area contributed by atoms with Crippen LogP contribution in [0.25, 0.3) is 0 Å². The number of anilines is 1. The topological polar surface area (TPSA) is 78.0 Å².